The van der Waals surface area contributed by atoms with E-state index in [1.165, 1.54) is 0 Å². The van der Waals surface area contributed by atoms with Gasteiger partial charge in [-0.3, -0.25) is 0 Å². The average molecular weight is 258 g/mol. The Hall–Kier alpha value is -0.0800. The smallest absolute Gasteiger partial charge is 0.0638 e. The third kappa shape index (κ3) is 8.10. The van der Waals surface area contributed by atoms with E-state index < -0.39 is 0 Å². The fraction of sp³-hybridized carbons (Fsp3) is 1.00. The van der Waals surface area contributed by atoms with Crippen molar-refractivity contribution in [2.24, 2.45) is 5.41 Å². The van der Waals surface area contributed by atoms with Crippen LogP contribution in [0.5, 0.6) is 0 Å². The summed E-state index contributed by atoms with van der Waals surface area (Å²) < 4.78 is 11.7. The Morgan fingerprint density at radius 2 is 1.06 bits per heavy atom. The lowest BCUT2D eigenvalue weighted by atomic mass is 9.74. The minimum Gasteiger partial charge on any atom is -0.379 e. The van der Waals surface area contributed by atoms with Gasteiger partial charge in [0.2, 0.25) is 0 Å². The van der Waals surface area contributed by atoms with Gasteiger partial charge in [0.25, 0.3) is 0 Å². The molecule has 0 atom stereocenters. The van der Waals surface area contributed by atoms with Gasteiger partial charge < -0.3 is 9.47 Å². The Bertz CT molecular complexity index is 257. The van der Waals surface area contributed by atoms with Crippen LogP contribution in [0.4, 0.5) is 0 Å². The Morgan fingerprint density at radius 3 is 1.39 bits per heavy atom. The molecule has 0 fully saturated rings. The van der Waals surface area contributed by atoms with Crippen LogP contribution in [0.2, 0.25) is 0 Å². The van der Waals surface area contributed by atoms with Crippen LogP contribution >= 0.6 is 0 Å². The maximum atomic E-state index is 6.17. The van der Waals surface area contributed by atoms with Crippen LogP contribution in [0.1, 0.15) is 75.2 Å². The number of hydrogen-bond acceptors (Lipinski definition) is 2. The van der Waals surface area contributed by atoms with E-state index in [4.69, 9.17) is 9.47 Å². The highest BCUT2D eigenvalue weighted by Gasteiger charge is 2.36. The van der Waals surface area contributed by atoms with Crippen molar-refractivity contribution >= 4 is 0 Å². The lowest BCUT2D eigenvalue weighted by Crippen LogP contribution is -2.40. The van der Waals surface area contributed by atoms with Gasteiger partial charge in [-0.15, -0.1) is 0 Å². The Balaban J connectivity index is 4.66. The minimum atomic E-state index is -0.119. The molecule has 0 saturated carbocycles. The molecule has 0 heterocycles. The molecular weight excluding hydrogens is 224 g/mol. The van der Waals surface area contributed by atoms with Crippen LogP contribution in [-0.2, 0) is 9.47 Å². The van der Waals surface area contributed by atoms with Gasteiger partial charge in [0, 0.05) is 7.11 Å². The molecule has 110 valence electrons. The Labute approximate surface area is 114 Å². The SMILES string of the molecule is COC(C)(C)CC(C)(C)CC(C)(C)OC(C)(C)C. The normalized spacial score (nSPS) is 15.0. The summed E-state index contributed by atoms with van der Waals surface area (Å²) in [4.78, 5) is 0. The van der Waals surface area contributed by atoms with E-state index >= 15 is 0 Å². The molecule has 0 aromatic heterocycles. The molecule has 0 unspecified atom stereocenters. The van der Waals surface area contributed by atoms with E-state index in [0.717, 1.165) is 12.8 Å². The molecule has 0 N–H and O–H groups in total. The summed E-state index contributed by atoms with van der Waals surface area (Å²) in [6, 6.07) is 0. The summed E-state index contributed by atoms with van der Waals surface area (Å²) in [7, 11) is 1.78. The maximum absolute atomic E-state index is 6.17. The van der Waals surface area contributed by atoms with Crippen molar-refractivity contribution in [1.29, 1.82) is 0 Å². The number of methoxy groups -OCH3 is 1. The molecule has 0 radical (unpaired) electrons. The zero-order valence-corrected chi connectivity index (χ0v) is 14.2. The van der Waals surface area contributed by atoms with Crippen LogP contribution in [0.3, 0.4) is 0 Å². The molecule has 0 aliphatic rings. The van der Waals surface area contributed by atoms with E-state index in [1.54, 1.807) is 7.11 Å². The first-order chi connectivity index (χ1) is 7.68. The molecular formula is C16H34O2. The van der Waals surface area contributed by atoms with Crippen molar-refractivity contribution < 1.29 is 9.47 Å². The second-order valence-corrected chi connectivity index (χ2v) is 8.46. The molecule has 0 saturated heterocycles. The van der Waals surface area contributed by atoms with Gasteiger partial charge in [-0.25, -0.2) is 0 Å². The average Bonchev–Trinajstić information content (AvgIpc) is 1.93. The molecule has 0 bridgehead atoms. The molecule has 0 spiro atoms. The number of ether oxygens (including phenoxy) is 2. The van der Waals surface area contributed by atoms with Crippen LogP contribution in [0.25, 0.3) is 0 Å². The van der Waals surface area contributed by atoms with Crippen LogP contribution in [-0.4, -0.2) is 23.9 Å². The first-order valence-electron chi connectivity index (χ1n) is 6.93. The predicted octanol–water partition coefficient (Wildman–Crippen LogP) is 4.81. The zero-order chi connectivity index (χ0) is 14.8. The second kappa shape index (κ2) is 5.50. The van der Waals surface area contributed by atoms with Gasteiger partial charge in [-0.2, -0.15) is 0 Å². The summed E-state index contributed by atoms with van der Waals surface area (Å²) in [5, 5.41) is 0. The highest BCUT2D eigenvalue weighted by atomic mass is 16.5. The second-order valence-electron chi connectivity index (χ2n) is 8.46. The predicted molar refractivity (Wildman–Crippen MR) is 79.0 cm³/mol. The van der Waals surface area contributed by atoms with Gasteiger partial charge in [0.15, 0.2) is 0 Å². The summed E-state index contributed by atoms with van der Waals surface area (Å²) in [6.07, 6.45) is 2.04. The maximum Gasteiger partial charge on any atom is 0.0638 e. The molecule has 2 heteroatoms. The Kier molecular flexibility index (Phi) is 5.48. The Morgan fingerprint density at radius 1 is 0.667 bits per heavy atom. The van der Waals surface area contributed by atoms with Gasteiger partial charge in [0.1, 0.15) is 0 Å². The molecule has 0 rings (SSSR count). The van der Waals surface area contributed by atoms with Crippen molar-refractivity contribution in [2.75, 3.05) is 7.11 Å². The topological polar surface area (TPSA) is 18.5 Å². The fourth-order valence-electron chi connectivity index (χ4n) is 3.30. The summed E-state index contributed by atoms with van der Waals surface area (Å²) in [5.74, 6) is 0. The first-order valence-corrected chi connectivity index (χ1v) is 6.93. The highest BCUT2D eigenvalue weighted by Crippen LogP contribution is 2.39. The van der Waals surface area contributed by atoms with Crippen LogP contribution in [0, 0.1) is 5.41 Å². The van der Waals surface area contributed by atoms with Gasteiger partial charge in [-0.05, 0) is 66.7 Å². The number of hydrogen-bond donors (Lipinski definition) is 0. The van der Waals surface area contributed by atoms with Crippen molar-refractivity contribution in [1.82, 2.24) is 0 Å². The first kappa shape index (κ1) is 17.9. The van der Waals surface area contributed by atoms with E-state index in [0.29, 0.717) is 0 Å². The van der Waals surface area contributed by atoms with Crippen molar-refractivity contribution in [2.45, 2.75) is 92.0 Å². The summed E-state index contributed by atoms with van der Waals surface area (Å²) >= 11 is 0. The monoisotopic (exact) mass is 258 g/mol. The van der Waals surface area contributed by atoms with Crippen LogP contribution in [0.15, 0.2) is 0 Å². The van der Waals surface area contributed by atoms with E-state index in [2.05, 4.69) is 62.3 Å². The molecule has 18 heavy (non-hydrogen) atoms. The quantitative estimate of drug-likeness (QED) is 0.680. The largest absolute Gasteiger partial charge is 0.379 e. The molecule has 0 aromatic rings. The summed E-state index contributed by atoms with van der Waals surface area (Å²) in [6.45, 7) is 19.6. The van der Waals surface area contributed by atoms with Crippen LogP contribution < -0.4 is 0 Å². The number of rotatable bonds is 6. The lowest BCUT2D eigenvalue weighted by Gasteiger charge is -2.42. The molecule has 0 aliphatic heterocycles. The standard InChI is InChI=1S/C16H34O2/c1-13(2,3)18-16(8,9)12-14(4,5)11-15(6,7)17-10/h11-12H2,1-10H3. The lowest BCUT2D eigenvalue weighted by molar-refractivity contribution is -0.134. The molecule has 0 aliphatic carbocycles. The highest BCUT2D eigenvalue weighted by molar-refractivity contribution is 4.87. The fourth-order valence-corrected chi connectivity index (χ4v) is 3.30. The third-order valence-electron chi connectivity index (χ3n) is 2.94. The third-order valence-corrected chi connectivity index (χ3v) is 2.94. The molecule has 0 aromatic carbocycles. The van der Waals surface area contributed by atoms with Gasteiger partial charge in [-0.1, -0.05) is 13.8 Å². The van der Waals surface area contributed by atoms with E-state index in [1.807, 2.05) is 0 Å². The van der Waals surface area contributed by atoms with Crippen molar-refractivity contribution in [3.05, 3.63) is 0 Å². The van der Waals surface area contributed by atoms with Gasteiger partial charge >= 0.3 is 0 Å². The zero-order valence-electron chi connectivity index (χ0n) is 14.2. The minimum absolute atomic E-state index is 0.0820. The van der Waals surface area contributed by atoms with Gasteiger partial charge in [0.05, 0.1) is 16.8 Å². The van der Waals surface area contributed by atoms with Crippen molar-refractivity contribution in [3.8, 4) is 0 Å². The molecule has 2 nitrogen and oxygen atoms in total. The van der Waals surface area contributed by atoms with E-state index in [-0.39, 0.29) is 22.2 Å². The van der Waals surface area contributed by atoms with Crippen molar-refractivity contribution in [3.63, 3.8) is 0 Å². The summed E-state index contributed by atoms with van der Waals surface area (Å²) in [5.41, 5.74) is -0.114. The molecule has 0 amide bonds. The van der Waals surface area contributed by atoms with E-state index in [9.17, 15) is 0 Å².